The van der Waals surface area contributed by atoms with Crippen LogP contribution in [0.15, 0.2) is 21.9 Å². The van der Waals surface area contributed by atoms with Gasteiger partial charge in [-0.05, 0) is 6.92 Å². The molecule has 0 saturated carbocycles. The van der Waals surface area contributed by atoms with Gasteiger partial charge in [-0.2, -0.15) is 8.62 Å². The summed E-state index contributed by atoms with van der Waals surface area (Å²) in [5, 5.41) is 10.6. The Hall–Kier alpha value is -1.03. The maximum absolute atomic E-state index is 12.1. The van der Waals surface area contributed by atoms with Gasteiger partial charge in [0.05, 0.1) is 13.2 Å². The zero-order valence-corrected chi connectivity index (χ0v) is 18.0. The fourth-order valence-electron chi connectivity index (χ4n) is 3.20. The summed E-state index contributed by atoms with van der Waals surface area (Å²) in [7, 11) is -16.8. The van der Waals surface area contributed by atoms with Crippen molar-refractivity contribution in [3.63, 3.8) is 0 Å². The highest BCUT2D eigenvalue weighted by molar-refractivity contribution is 7.66. The van der Waals surface area contributed by atoms with Crippen molar-refractivity contribution in [3.05, 3.63) is 33.1 Å². The Morgan fingerprint density at radius 1 is 1.19 bits per heavy atom. The summed E-state index contributed by atoms with van der Waals surface area (Å²) >= 11 is 0. The van der Waals surface area contributed by atoms with Gasteiger partial charge in [-0.1, -0.05) is 0 Å². The van der Waals surface area contributed by atoms with Crippen molar-refractivity contribution >= 4 is 23.5 Å². The third-order valence-corrected chi connectivity index (χ3v) is 8.28. The number of aliphatic hydroxyl groups excluding tert-OH is 1. The van der Waals surface area contributed by atoms with Gasteiger partial charge in [0.1, 0.15) is 17.3 Å². The average Bonchev–Trinajstić information content (AvgIpc) is 2.94. The molecule has 3 rings (SSSR count). The van der Waals surface area contributed by atoms with Gasteiger partial charge in [0, 0.05) is 12.3 Å². The van der Waals surface area contributed by atoms with E-state index in [-0.39, 0.29) is 0 Å². The number of rotatable bonds is 8. The molecule has 2 unspecified atom stereocenters. The SMILES string of the molecule is C[C@]12OC[C@](COP(=O)(O)OP(=O)(O)OP(=O)(O)O)(O[C@H]1n1ccc(=O)[nH]c1=O)[C@H]2O. The van der Waals surface area contributed by atoms with Crippen LogP contribution in [-0.4, -0.2) is 64.8 Å². The number of aromatic amines is 1. The van der Waals surface area contributed by atoms with Gasteiger partial charge in [-0.3, -0.25) is 18.9 Å². The molecule has 20 heteroatoms. The Kier molecular flexibility index (Phi) is 6.18. The molecule has 0 spiro atoms. The van der Waals surface area contributed by atoms with Crippen LogP contribution in [0.25, 0.3) is 0 Å². The number of hydrogen-bond acceptors (Lipinski definition) is 11. The molecule has 3 heterocycles. The van der Waals surface area contributed by atoms with Gasteiger partial charge in [0.2, 0.25) is 0 Å². The number of phosphoric ester groups is 1. The summed E-state index contributed by atoms with van der Waals surface area (Å²) in [5.74, 6) is 0. The van der Waals surface area contributed by atoms with E-state index in [1.54, 1.807) is 0 Å². The first-order chi connectivity index (χ1) is 14.0. The monoisotopic (exact) mass is 510 g/mol. The van der Waals surface area contributed by atoms with E-state index in [0.717, 1.165) is 16.8 Å². The quantitative estimate of drug-likeness (QED) is 0.213. The van der Waals surface area contributed by atoms with Crippen molar-refractivity contribution in [1.29, 1.82) is 0 Å². The molecule has 0 aromatic carbocycles. The predicted molar refractivity (Wildman–Crippen MR) is 94.4 cm³/mol. The van der Waals surface area contributed by atoms with Crippen LogP contribution in [0.3, 0.4) is 0 Å². The fourth-order valence-corrected chi connectivity index (χ4v) is 6.27. The molecule has 6 atom stereocenters. The Labute approximate surface area is 171 Å². The number of aromatic nitrogens is 2. The maximum atomic E-state index is 12.1. The van der Waals surface area contributed by atoms with Gasteiger partial charge < -0.3 is 34.2 Å². The third-order valence-electron chi connectivity index (χ3n) is 4.50. The number of H-pyrrole nitrogens is 1. The van der Waals surface area contributed by atoms with Gasteiger partial charge in [0.15, 0.2) is 6.23 Å². The molecule has 17 nitrogen and oxygen atoms in total. The molecule has 6 N–H and O–H groups in total. The second-order valence-corrected chi connectivity index (χ2v) is 11.2. The second-order valence-electron chi connectivity index (χ2n) is 6.79. The maximum Gasteiger partial charge on any atom is 0.490 e. The highest BCUT2D eigenvalue weighted by Gasteiger charge is 2.69. The molecule has 1 aromatic rings. The van der Waals surface area contributed by atoms with E-state index in [0.29, 0.717) is 0 Å². The molecule has 2 bridgehead atoms. The van der Waals surface area contributed by atoms with E-state index in [2.05, 4.69) is 13.1 Å². The summed E-state index contributed by atoms with van der Waals surface area (Å²) in [6.45, 7) is -0.0312. The van der Waals surface area contributed by atoms with Gasteiger partial charge in [0.25, 0.3) is 5.56 Å². The Balaban J connectivity index is 1.78. The van der Waals surface area contributed by atoms with Gasteiger partial charge >= 0.3 is 29.2 Å². The fraction of sp³-hybridized carbons (Fsp3) is 0.636. The van der Waals surface area contributed by atoms with Crippen LogP contribution in [0.2, 0.25) is 0 Å². The summed E-state index contributed by atoms with van der Waals surface area (Å²) in [6, 6.07) is 1.01. The lowest BCUT2D eigenvalue weighted by molar-refractivity contribution is -0.212. The van der Waals surface area contributed by atoms with Crippen LogP contribution < -0.4 is 11.2 Å². The van der Waals surface area contributed by atoms with Crippen molar-refractivity contribution in [2.24, 2.45) is 0 Å². The zero-order valence-electron chi connectivity index (χ0n) is 15.3. The number of hydrogen-bond donors (Lipinski definition) is 6. The minimum Gasteiger partial charge on any atom is -0.387 e. The van der Waals surface area contributed by atoms with Crippen LogP contribution in [0.1, 0.15) is 13.2 Å². The number of ether oxygens (including phenoxy) is 2. The molecule has 0 amide bonds. The molecule has 2 aliphatic rings. The molecule has 0 radical (unpaired) electrons. The normalized spacial score (nSPS) is 34.4. The number of aliphatic hydroxyl groups is 1. The standard InChI is InChI=1S/C11H17N2O15P3/c1-10-7(15)11(4-24-10,26-8(10)13-3-2-6(14)12-9(13)16)5-25-30(20,21)28-31(22,23)27-29(17,18)19/h2-3,7-8,15H,4-5H2,1H3,(H,20,21)(H,22,23)(H,12,14,16)(H2,17,18,19)/t7-,8+,10+,11+/m0/s1. The van der Waals surface area contributed by atoms with Crippen molar-refractivity contribution in [2.75, 3.05) is 13.2 Å². The lowest BCUT2D eigenvalue weighted by Crippen LogP contribution is -2.45. The predicted octanol–water partition coefficient (Wildman–Crippen LogP) is -1.70. The Morgan fingerprint density at radius 3 is 2.42 bits per heavy atom. The number of phosphoric acid groups is 3. The van der Waals surface area contributed by atoms with E-state index in [9.17, 15) is 38.2 Å². The van der Waals surface area contributed by atoms with E-state index in [1.807, 2.05) is 4.98 Å². The minimum absolute atomic E-state index is 0.408. The van der Waals surface area contributed by atoms with Gasteiger partial charge in [-0.15, -0.1) is 0 Å². The summed E-state index contributed by atoms with van der Waals surface area (Å²) in [5.41, 5.74) is -5.02. The van der Waals surface area contributed by atoms with Crippen molar-refractivity contribution < 1.29 is 61.0 Å². The average molecular weight is 510 g/mol. The van der Waals surface area contributed by atoms with Crippen molar-refractivity contribution in [2.45, 2.75) is 30.5 Å². The number of nitrogens with zero attached hydrogens (tertiary/aromatic N) is 1. The molecule has 2 saturated heterocycles. The molecule has 31 heavy (non-hydrogen) atoms. The van der Waals surface area contributed by atoms with Crippen LogP contribution >= 0.6 is 23.5 Å². The largest absolute Gasteiger partial charge is 0.490 e. The Bertz CT molecular complexity index is 1130. The van der Waals surface area contributed by atoms with E-state index >= 15 is 0 Å². The number of nitrogens with one attached hydrogen (secondary N) is 1. The smallest absolute Gasteiger partial charge is 0.387 e. The highest BCUT2D eigenvalue weighted by Crippen LogP contribution is 2.66. The molecule has 2 fully saturated rings. The van der Waals surface area contributed by atoms with Crippen LogP contribution in [0, 0.1) is 0 Å². The molecular weight excluding hydrogens is 493 g/mol. The lowest BCUT2D eigenvalue weighted by atomic mass is 9.92. The minimum atomic E-state index is -5.73. The first kappa shape index (κ1) is 24.6. The van der Waals surface area contributed by atoms with Crippen LogP contribution in [-0.2, 0) is 36.3 Å². The topological polar surface area (TPSA) is 253 Å². The van der Waals surface area contributed by atoms with Crippen LogP contribution in [0.5, 0.6) is 0 Å². The van der Waals surface area contributed by atoms with Crippen molar-refractivity contribution in [1.82, 2.24) is 9.55 Å². The second kappa shape index (κ2) is 7.78. The first-order valence-electron chi connectivity index (χ1n) is 8.08. The third kappa shape index (κ3) is 4.99. The zero-order chi connectivity index (χ0) is 23.5. The van der Waals surface area contributed by atoms with Crippen molar-refractivity contribution in [3.8, 4) is 0 Å². The van der Waals surface area contributed by atoms with E-state index < -0.39 is 71.5 Å². The molecule has 1 aromatic heterocycles. The lowest BCUT2D eigenvalue weighted by Gasteiger charge is -2.34. The Morgan fingerprint density at radius 2 is 1.84 bits per heavy atom. The highest BCUT2D eigenvalue weighted by atomic mass is 31.3. The number of fused-ring (bicyclic) bond motifs is 2. The molecule has 2 aliphatic heterocycles. The summed E-state index contributed by atoms with van der Waals surface area (Å²) < 4.78 is 57.8. The van der Waals surface area contributed by atoms with E-state index in [4.69, 9.17) is 19.3 Å². The van der Waals surface area contributed by atoms with Crippen LogP contribution in [0.4, 0.5) is 0 Å². The summed E-state index contributed by atoms with van der Waals surface area (Å²) in [4.78, 5) is 61.1. The van der Waals surface area contributed by atoms with Gasteiger partial charge in [-0.25, -0.2) is 18.5 Å². The molecular formula is C11H17N2O15P3. The first-order valence-corrected chi connectivity index (χ1v) is 12.6. The summed E-state index contributed by atoms with van der Waals surface area (Å²) in [6.07, 6.45) is -1.80. The molecule has 0 aliphatic carbocycles. The molecule has 176 valence electrons. The van der Waals surface area contributed by atoms with E-state index in [1.165, 1.54) is 6.92 Å².